The molecule has 1 fully saturated rings. The smallest absolute Gasteiger partial charge is 0.227 e. The van der Waals surface area contributed by atoms with Gasteiger partial charge < -0.3 is 25.6 Å². The van der Waals surface area contributed by atoms with Crippen molar-refractivity contribution in [2.75, 3.05) is 17.7 Å². The van der Waals surface area contributed by atoms with E-state index in [4.69, 9.17) is 0 Å². The number of aliphatic hydroxyl groups is 3. The number of aromatic nitrogens is 2. The Hall–Kier alpha value is -2.80. The number of carbonyl (C=O) groups is 2. The Labute approximate surface area is 254 Å². The maximum Gasteiger partial charge on any atom is 0.227 e. The molecule has 12 heteroatoms. The fourth-order valence-corrected chi connectivity index (χ4v) is 6.66. The topological polar surface area (TPSA) is 182 Å². The first-order valence-corrected chi connectivity index (χ1v) is 16.8. The van der Waals surface area contributed by atoms with Crippen LogP contribution in [-0.4, -0.2) is 80.9 Å². The Morgan fingerprint density at radius 2 is 1.77 bits per heavy atom. The van der Waals surface area contributed by atoms with E-state index in [0.717, 1.165) is 37.7 Å². The highest BCUT2D eigenvalue weighted by atomic mass is 32.2. The zero-order chi connectivity index (χ0) is 31.6. The van der Waals surface area contributed by atoms with Crippen molar-refractivity contribution in [3.8, 4) is 0 Å². The van der Waals surface area contributed by atoms with E-state index in [1.807, 2.05) is 30.3 Å². The predicted octanol–water partition coefficient (Wildman–Crippen LogP) is 2.52. The molecule has 43 heavy (non-hydrogen) atoms. The quantitative estimate of drug-likeness (QED) is 0.176. The van der Waals surface area contributed by atoms with Gasteiger partial charge in [-0.2, -0.15) is 0 Å². The van der Waals surface area contributed by atoms with Crippen LogP contribution in [0.15, 0.2) is 36.5 Å². The highest BCUT2D eigenvalue weighted by Crippen LogP contribution is 2.29. The van der Waals surface area contributed by atoms with E-state index in [-0.39, 0.29) is 30.6 Å². The minimum absolute atomic E-state index is 0.0354. The van der Waals surface area contributed by atoms with Crippen LogP contribution in [0.25, 0.3) is 0 Å². The van der Waals surface area contributed by atoms with Crippen molar-refractivity contribution < 1.29 is 33.3 Å². The van der Waals surface area contributed by atoms with Crippen molar-refractivity contribution in [1.29, 1.82) is 0 Å². The average molecular weight is 621 g/mol. The molecule has 0 spiro atoms. The number of imidazole rings is 1. The fourth-order valence-electron chi connectivity index (χ4n) is 5.36. The van der Waals surface area contributed by atoms with Crippen molar-refractivity contribution >= 4 is 27.6 Å². The summed E-state index contributed by atoms with van der Waals surface area (Å²) in [7, 11) is -3.73. The minimum atomic E-state index is -3.73. The molecule has 1 aliphatic rings. The first-order valence-electron chi connectivity index (χ1n) is 15.2. The molecule has 4 atom stereocenters. The van der Waals surface area contributed by atoms with Gasteiger partial charge in [0.1, 0.15) is 12.2 Å². The van der Waals surface area contributed by atoms with Crippen LogP contribution in [0.2, 0.25) is 0 Å². The van der Waals surface area contributed by atoms with Crippen molar-refractivity contribution in [2.24, 2.45) is 11.8 Å². The zero-order valence-corrected chi connectivity index (χ0v) is 26.3. The van der Waals surface area contributed by atoms with Crippen molar-refractivity contribution in [3.05, 3.63) is 47.8 Å². The molecule has 6 N–H and O–H groups in total. The lowest BCUT2D eigenvalue weighted by molar-refractivity contribution is -0.127. The molecule has 240 valence electrons. The van der Waals surface area contributed by atoms with Gasteiger partial charge in [-0.15, -0.1) is 0 Å². The summed E-state index contributed by atoms with van der Waals surface area (Å²) in [4.78, 5) is 33.4. The number of aliphatic hydroxyl groups excluding tert-OH is 3. The molecule has 0 bridgehead atoms. The molecular formula is C31H48N4O7S. The summed E-state index contributed by atoms with van der Waals surface area (Å²) in [5, 5.41) is 36.0. The highest BCUT2D eigenvalue weighted by Gasteiger charge is 2.37. The van der Waals surface area contributed by atoms with Gasteiger partial charge in [0.05, 0.1) is 34.8 Å². The van der Waals surface area contributed by atoms with Gasteiger partial charge in [0, 0.05) is 19.0 Å². The molecule has 1 saturated carbocycles. The molecule has 0 radical (unpaired) electrons. The molecule has 1 aliphatic carbocycles. The van der Waals surface area contributed by atoms with Gasteiger partial charge in [0.2, 0.25) is 17.8 Å². The van der Waals surface area contributed by atoms with E-state index < -0.39 is 57.0 Å². The Kier molecular flexibility index (Phi) is 12.7. The van der Waals surface area contributed by atoms with Crippen LogP contribution in [0.3, 0.4) is 0 Å². The van der Waals surface area contributed by atoms with E-state index in [0.29, 0.717) is 18.5 Å². The second kappa shape index (κ2) is 15.8. The van der Waals surface area contributed by atoms with E-state index in [2.05, 4.69) is 20.6 Å². The number of nitrogens with one attached hydrogen (secondary N) is 3. The zero-order valence-electron chi connectivity index (χ0n) is 25.5. The summed E-state index contributed by atoms with van der Waals surface area (Å²) in [6, 6.07) is 8.75. The third-order valence-corrected chi connectivity index (χ3v) is 10.9. The first kappa shape index (κ1) is 34.7. The number of aromatic amines is 1. The number of H-pyrrole nitrogens is 1. The van der Waals surface area contributed by atoms with Gasteiger partial charge in [-0.25, -0.2) is 13.4 Å². The van der Waals surface area contributed by atoms with Gasteiger partial charge in [-0.05, 0) is 45.1 Å². The van der Waals surface area contributed by atoms with Crippen LogP contribution in [0.5, 0.6) is 0 Å². The van der Waals surface area contributed by atoms with Gasteiger partial charge >= 0.3 is 0 Å². The molecule has 11 nitrogen and oxygen atoms in total. The third-order valence-electron chi connectivity index (χ3n) is 8.19. The second-order valence-electron chi connectivity index (χ2n) is 12.7. The van der Waals surface area contributed by atoms with E-state index in [1.165, 1.54) is 6.20 Å². The number of sulfone groups is 1. The molecule has 1 heterocycles. The number of hydrogen-bond acceptors (Lipinski definition) is 8. The maximum absolute atomic E-state index is 13.7. The van der Waals surface area contributed by atoms with E-state index in [9.17, 15) is 33.3 Å². The van der Waals surface area contributed by atoms with Crippen molar-refractivity contribution in [1.82, 2.24) is 15.3 Å². The summed E-state index contributed by atoms with van der Waals surface area (Å²) in [5.41, 5.74) is 1.42. The predicted molar refractivity (Wildman–Crippen MR) is 165 cm³/mol. The highest BCUT2D eigenvalue weighted by molar-refractivity contribution is 7.92. The average Bonchev–Trinajstić information content (AvgIpc) is 3.41. The summed E-state index contributed by atoms with van der Waals surface area (Å²) < 4.78 is 25.3. The Balaban J connectivity index is 1.74. The Bertz CT molecular complexity index is 1270. The standard InChI is InChI=1S/C31H48N4O7S/c1-31(2,3)43(41,42)20-23(29(40)34-25(28(39)26(37)19-36)16-22-12-8-5-9-13-22)17-24-18-32-30(33-24)35-27(38)15-14-21-10-6-4-7-11-21/h4,6-7,10-11,18,22-23,25-26,28,36-37,39H,5,8-9,12-17,19-20H2,1-3H3,(H,34,40)(H2,32,33,35,38)/t23?,25-,26?,28+/m0/s1. The van der Waals surface area contributed by atoms with Crippen LogP contribution in [-0.2, 0) is 32.3 Å². The minimum Gasteiger partial charge on any atom is -0.394 e. The number of carbonyl (C=O) groups excluding carboxylic acids is 2. The van der Waals surface area contributed by atoms with Gasteiger partial charge in [-0.1, -0.05) is 62.4 Å². The summed E-state index contributed by atoms with van der Waals surface area (Å²) in [6.07, 6.45) is 4.92. The largest absolute Gasteiger partial charge is 0.394 e. The summed E-state index contributed by atoms with van der Waals surface area (Å²) in [5.74, 6) is -1.91. The molecule has 1 aromatic carbocycles. The maximum atomic E-state index is 13.7. The number of aryl methyl sites for hydroxylation is 1. The number of rotatable bonds is 15. The normalized spacial score (nSPS) is 17.5. The van der Waals surface area contributed by atoms with Crippen LogP contribution in [0.4, 0.5) is 5.95 Å². The Morgan fingerprint density at radius 3 is 2.40 bits per heavy atom. The van der Waals surface area contributed by atoms with Gasteiger partial charge in [-0.3, -0.25) is 14.9 Å². The lowest BCUT2D eigenvalue weighted by Crippen LogP contribution is -2.53. The fraction of sp³-hybridized carbons (Fsp3) is 0.645. The van der Waals surface area contributed by atoms with Crippen molar-refractivity contribution in [3.63, 3.8) is 0 Å². The van der Waals surface area contributed by atoms with Crippen LogP contribution in [0, 0.1) is 11.8 Å². The monoisotopic (exact) mass is 620 g/mol. The molecule has 1 aromatic heterocycles. The van der Waals surface area contributed by atoms with Crippen molar-refractivity contribution in [2.45, 2.75) is 102 Å². The molecule has 3 rings (SSSR count). The number of hydrogen-bond donors (Lipinski definition) is 6. The number of anilines is 1. The lowest BCUT2D eigenvalue weighted by Gasteiger charge is -2.33. The molecule has 2 unspecified atom stereocenters. The van der Waals surface area contributed by atoms with Crippen LogP contribution >= 0.6 is 0 Å². The Morgan fingerprint density at radius 1 is 1.09 bits per heavy atom. The number of benzene rings is 1. The summed E-state index contributed by atoms with van der Waals surface area (Å²) >= 11 is 0. The van der Waals surface area contributed by atoms with Gasteiger partial charge in [0.25, 0.3) is 0 Å². The number of nitrogens with zero attached hydrogens (tertiary/aromatic N) is 1. The third kappa shape index (κ3) is 10.7. The van der Waals surface area contributed by atoms with E-state index in [1.54, 1.807) is 20.8 Å². The van der Waals surface area contributed by atoms with E-state index >= 15 is 0 Å². The molecular weight excluding hydrogens is 572 g/mol. The summed E-state index contributed by atoms with van der Waals surface area (Å²) in [6.45, 7) is 4.04. The second-order valence-corrected chi connectivity index (χ2v) is 15.5. The van der Waals surface area contributed by atoms with Gasteiger partial charge in [0.15, 0.2) is 9.84 Å². The van der Waals surface area contributed by atoms with Crippen LogP contribution < -0.4 is 10.6 Å². The molecule has 0 aliphatic heterocycles. The number of amides is 2. The van der Waals surface area contributed by atoms with Crippen LogP contribution in [0.1, 0.15) is 77.0 Å². The lowest BCUT2D eigenvalue weighted by atomic mass is 9.83. The SMILES string of the molecule is CC(C)(C)S(=O)(=O)CC(Cc1c[nH]c(NC(=O)CCc2ccccc2)n1)C(=O)N[C@@H](CC1CCCCC1)[C@@H](O)C(O)CO. The molecule has 2 amide bonds. The first-order chi connectivity index (χ1) is 20.3. The molecule has 0 saturated heterocycles. The molecule has 2 aromatic rings.